The molecule has 0 aliphatic carbocycles. The number of amidine groups is 1. The van der Waals surface area contributed by atoms with Gasteiger partial charge >= 0.3 is 0 Å². The fraction of sp³-hybridized carbons (Fsp3) is 0.154. The molecule has 0 unspecified atom stereocenters. The van der Waals surface area contributed by atoms with Crippen LogP contribution < -0.4 is 11.1 Å². The number of hydrazine groups is 2. The minimum absolute atomic E-state index is 0.665. The maximum Gasteiger partial charge on any atom is 0.177 e. The van der Waals surface area contributed by atoms with Gasteiger partial charge in [0, 0.05) is 10.2 Å². The van der Waals surface area contributed by atoms with E-state index in [-0.39, 0.29) is 0 Å². The zero-order valence-corrected chi connectivity index (χ0v) is 21.2. The van der Waals surface area contributed by atoms with Gasteiger partial charge in [-0.25, -0.2) is 10.2 Å². The van der Waals surface area contributed by atoms with E-state index in [0.717, 1.165) is 38.8 Å². The molecule has 6 nitrogen and oxygen atoms in total. The zero-order chi connectivity index (χ0) is 23.3. The number of hydrogen-bond donors (Lipinski definition) is 2. The molecule has 2 N–H and O–H groups in total. The van der Waals surface area contributed by atoms with Crippen LogP contribution in [-0.2, 0) is 18.7 Å². The zero-order valence-electron chi connectivity index (χ0n) is 18.8. The number of hydrogen-bond acceptors (Lipinski definition) is 6. The number of thioether (sulfide) groups is 1. The van der Waals surface area contributed by atoms with E-state index in [4.69, 9.17) is 5.10 Å². The van der Waals surface area contributed by atoms with Gasteiger partial charge in [0.25, 0.3) is 0 Å². The van der Waals surface area contributed by atoms with Gasteiger partial charge in [-0.1, -0.05) is 77.5 Å². The summed E-state index contributed by atoms with van der Waals surface area (Å²) in [6.07, 6.45) is 2.92. The largest absolute Gasteiger partial charge is 0.266 e. The van der Waals surface area contributed by atoms with Crippen LogP contribution in [0.15, 0.2) is 99.7 Å². The lowest BCUT2D eigenvalue weighted by atomic mass is 10.1. The maximum absolute atomic E-state index is 4.78. The number of nitrogens with one attached hydrogen (secondary N) is 2. The highest BCUT2D eigenvalue weighted by atomic mass is 79.9. The number of nitrogens with zero attached hydrogens (tertiary/aromatic N) is 4. The summed E-state index contributed by atoms with van der Waals surface area (Å²) in [5, 5.41) is 12.4. The molecule has 0 spiro atoms. The normalized spacial score (nSPS) is 13.1. The van der Waals surface area contributed by atoms with Crippen molar-refractivity contribution < 1.29 is 0 Å². The van der Waals surface area contributed by atoms with Crippen molar-refractivity contribution in [2.75, 3.05) is 0 Å². The molecule has 8 heteroatoms. The molecule has 0 saturated carbocycles. The second kappa shape index (κ2) is 10.5. The summed E-state index contributed by atoms with van der Waals surface area (Å²) in [5.74, 6) is 1.66. The van der Waals surface area contributed by atoms with Crippen LogP contribution >= 0.6 is 27.7 Å². The lowest BCUT2D eigenvalue weighted by Gasteiger charge is -2.19. The van der Waals surface area contributed by atoms with E-state index in [1.165, 1.54) is 16.7 Å². The summed E-state index contributed by atoms with van der Waals surface area (Å²) in [4.78, 5) is 0. The monoisotopic (exact) mass is 532 g/mol. The van der Waals surface area contributed by atoms with Crippen LogP contribution in [0, 0.1) is 0 Å². The predicted octanol–water partition coefficient (Wildman–Crippen LogP) is 5.68. The lowest BCUT2D eigenvalue weighted by Crippen LogP contribution is -2.40. The van der Waals surface area contributed by atoms with Gasteiger partial charge in [0.05, 0.1) is 24.0 Å². The van der Waals surface area contributed by atoms with Crippen molar-refractivity contribution in [3.63, 3.8) is 0 Å². The van der Waals surface area contributed by atoms with E-state index < -0.39 is 0 Å². The SMILES string of the molecule is CCc1ccc(-n2ncc(C3=NNNN3Cc3ccc(Br)cc3)c2SCc2ccccc2)cc1. The third-order valence-electron chi connectivity index (χ3n) is 5.63. The van der Waals surface area contributed by atoms with E-state index >= 15 is 0 Å². The molecule has 1 aliphatic heterocycles. The molecule has 0 amide bonds. The lowest BCUT2D eigenvalue weighted by molar-refractivity contribution is 0.288. The Hall–Kier alpha value is -3.07. The Morgan fingerprint density at radius 3 is 2.35 bits per heavy atom. The number of aromatic nitrogens is 2. The summed E-state index contributed by atoms with van der Waals surface area (Å²) in [7, 11) is 0. The Balaban J connectivity index is 1.47. The molecular formula is C26H25BrN6S. The molecule has 172 valence electrons. The van der Waals surface area contributed by atoms with Crippen LogP contribution in [0.2, 0.25) is 0 Å². The van der Waals surface area contributed by atoms with E-state index in [1.807, 2.05) is 22.0 Å². The van der Waals surface area contributed by atoms with E-state index in [0.29, 0.717) is 6.54 Å². The molecule has 2 heterocycles. The fourth-order valence-corrected chi connectivity index (χ4v) is 5.09. The molecular weight excluding hydrogens is 508 g/mol. The number of aryl methyl sites for hydroxylation is 1. The topological polar surface area (TPSA) is 57.5 Å². The quantitative estimate of drug-likeness (QED) is 0.286. The van der Waals surface area contributed by atoms with E-state index in [9.17, 15) is 0 Å². The minimum Gasteiger partial charge on any atom is -0.266 e. The Morgan fingerprint density at radius 2 is 1.62 bits per heavy atom. The number of rotatable bonds is 8. The van der Waals surface area contributed by atoms with Crippen molar-refractivity contribution in [3.8, 4) is 5.69 Å². The van der Waals surface area contributed by atoms with Crippen LogP contribution in [0.1, 0.15) is 29.2 Å². The Morgan fingerprint density at radius 1 is 0.882 bits per heavy atom. The number of benzene rings is 3. The summed E-state index contributed by atoms with van der Waals surface area (Å²) >= 11 is 5.27. The molecule has 0 saturated heterocycles. The standard InChI is InChI=1S/C26H25BrN6S/c1-2-19-10-14-23(15-11-19)33-26(34-18-21-6-4-3-5-7-21)24(16-28-33)25-29-30-31-32(25)17-20-8-12-22(27)13-9-20/h3-16,30-31H,2,17-18H2,1H3. The van der Waals surface area contributed by atoms with Gasteiger partial charge in [0.15, 0.2) is 5.84 Å². The minimum atomic E-state index is 0.665. The first-order chi connectivity index (χ1) is 16.7. The van der Waals surface area contributed by atoms with Gasteiger partial charge in [-0.05, 0) is 47.4 Å². The van der Waals surface area contributed by atoms with Gasteiger partial charge in [0.1, 0.15) is 5.03 Å². The highest BCUT2D eigenvalue weighted by molar-refractivity contribution is 9.10. The van der Waals surface area contributed by atoms with Crippen molar-refractivity contribution in [2.45, 2.75) is 30.7 Å². The first-order valence-electron chi connectivity index (χ1n) is 11.2. The third-order valence-corrected chi connectivity index (χ3v) is 7.30. The van der Waals surface area contributed by atoms with E-state index in [1.54, 1.807) is 11.8 Å². The molecule has 0 radical (unpaired) electrons. The van der Waals surface area contributed by atoms with Crippen molar-refractivity contribution in [2.24, 2.45) is 5.10 Å². The molecule has 5 rings (SSSR count). The van der Waals surface area contributed by atoms with Crippen LogP contribution in [-0.4, -0.2) is 20.6 Å². The Kier molecular flexibility index (Phi) is 6.99. The Labute approximate surface area is 212 Å². The van der Waals surface area contributed by atoms with E-state index in [2.05, 4.69) is 112 Å². The van der Waals surface area contributed by atoms with Gasteiger partial charge in [-0.15, -0.1) is 22.4 Å². The smallest absolute Gasteiger partial charge is 0.177 e. The first-order valence-corrected chi connectivity index (χ1v) is 12.9. The molecule has 4 aromatic rings. The molecule has 1 aromatic heterocycles. The number of hydrazone groups is 1. The van der Waals surface area contributed by atoms with Crippen LogP contribution in [0.25, 0.3) is 5.69 Å². The Bertz CT molecular complexity index is 1270. The maximum atomic E-state index is 4.78. The van der Waals surface area contributed by atoms with Crippen molar-refractivity contribution in [3.05, 3.63) is 112 Å². The predicted molar refractivity (Wildman–Crippen MR) is 141 cm³/mol. The van der Waals surface area contributed by atoms with Gasteiger partial charge < -0.3 is 0 Å². The van der Waals surface area contributed by atoms with Gasteiger partial charge in [-0.2, -0.15) is 5.10 Å². The molecule has 0 atom stereocenters. The summed E-state index contributed by atoms with van der Waals surface area (Å²) < 4.78 is 3.08. The molecule has 3 aromatic carbocycles. The highest BCUT2D eigenvalue weighted by Crippen LogP contribution is 2.30. The van der Waals surface area contributed by atoms with Crippen molar-refractivity contribution in [1.29, 1.82) is 0 Å². The average molecular weight is 533 g/mol. The summed E-state index contributed by atoms with van der Waals surface area (Å²) in [6, 6.07) is 27.4. The van der Waals surface area contributed by atoms with Crippen LogP contribution in [0.5, 0.6) is 0 Å². The van der Waals surface area contributed by atoms with Crippen LogP contribution in [0.3, 0.4) is 0 Å². The first kappa shape index (κ1) is 22.7. The average Bonchev–Trinajstić information content (AvgIpc) is 3.51. The fourth-order valence-electron chi connectivity index (χ4n) is 3.76. The van der Waals surface area contributed by atoms with Gasteiger partial charge in [0.2, 0.25) is 0 Å². The summed E-state index contributed by atoms with van der Waals surface area (Å²) in [5.41, 5.74) is 11.9. The summed E-state index contributed by atoms with van der Waals surface area (Å²) in [6.45, 7) is 2.83. The van der Waals surface area contributed by atoms with Crippen molar-refractivity contribution >= 4 is 33.5 Å². The second-order valence-corrected chi connectivity index (χ2v) is 9.82. The van der Waals surface area contributed by atoms with Crippen molar-refractivity contribution in [1.82, 2.24) is 25.9 Å². The molecule has 34 heavy (non-hydrogen) atoms. The second-order valence-electron chi connectivity index (χ2n) is 7.94. The molecule has 0 fully saturated rings. The number of halogens is 1. The van der Waals surface area contributed by atoms with Gasteiger partial charge in [-0.3, -0.25) is 5.01 Å². The molecule has 0 bridgehead atoms. The third kappa shape index (κ3) is 5.04. The van der Waals surface area contributed by atoms with Crippen LogP contribution in [0.4, 0.5) is 0 Å². The molecule has 1 aliphatic rings. The highest BCUT2D eigenvalue weighted by Gasteiger charge is 2.25.